The number of fused-ring (bicyclic) bond motifs is 5. The molecule has 2 atom stereocenters. The number of phenolic OH excluding ortho intramolecular Hbond substituents is 1. The van der Waals surface area contributed by atoms with E-state index < -0.39 is 23.8 Å². The first-order valence-corrected chi connectivity index (χ1v) is 11.3. The minimum atomic E-state index is -1.01. The van der Waals surface area contributed by atoms with Crippen molar-refractivity contribution < 1.29 is 24.5 Å². The Morgan fingerprint density at radius 3 is 2.79 bits per heavy atom. The third-order valence-corrected chi connectivity index (χ3v) is 6.99. The maximum atomic E-state index is 13.5. The molecule has 0 spiro atoms. The molecule has 9 heteroatoms. The first-order chi connectivity index (χ1) is 16.3. The largest absolute Gasteiger partial charge is 0.508 e. The molecule has 0 bridgehead atoms. The zero-order chi connectivity index (χ0) is 24.1. The number of hydrogen-bond acceptors (Lipinski definition) is 7. The summed E-state index contributed by atoms with van der Waals surface area (Å²) in [6.45, 7) is 2.24. The zero-order valence-electron chi connectivity index (χ0n) is 18.7. The molecular weight excluding hydrogens is 438 g/mol. The van der Waals surface area contributed by atoms with Gasteiger partial charge in [0, 0.05) is 17.5 Å². The Labute approximate surface area is 194 Å². The summed E-state index contributed by atoms with van der Waals surface area (Å²) in [7, 11) is 0. The highest BCUT2D eigenvalue weighted by Gasteiger charge is 2.36. The number of ether oxygens (including phenoxy) is 1. The number of phenols is 1. The number of hydrogen-bond donors (Lipinski definition) is 3. The summed E-state index contributed by atoms with van der Waals surface area (Å²) in [6.07, 6.45) is 1.12. The number of carboxylic acids is 1. The highest BCUT2D eigenvalue weighted by Crippen LogP contribution is 2.40. The molecule has 1 aromatic carbocycles. The van der Waals surface area contributed by atoms with Crippen molar-refractivity contribution in [3.05, 3.63) is 56.9 Å². The highest BCUT2D eigenvalue weighted by molar-refractivity contribution is 5.89. The molecule has 2 aromatic heterocycles. The van der Waals surface area contributed by atoms with E-state index in [4.69, 9.17) is 15.5 Å². The molecule has 0 saturated carbocycles. The number of esters is 1. The lowest BCUT2D eigenvalue weighted by molar-refractivity contribution is -0.149. The summed E-state index contributed by atoms with van der Waals surface area (Å²) in [5.41, 5.74) is 10.3. The van der Waals surface area contributed by atoms with Crippen molar-refractivity contribution in [3.63, 3.8) is 0 Å². The number of aromatic hydroxyl groups is 1. The second-order valence-corrected chi connectivity index (χ2v) is 8.84. The molecule has 4 heterocycles. The second-order valence-electron chi connectivity index (χ2n) is 8.84. The van der Waals surface area contributed by atoms with Crippen LogP contribution in [0, 0.1) is 5.92 Å². The summed E-state index contributed by atoms with van der Waals surface area (Å²) in [4.78, 5) is 42.3. The number of nitrogens with zero attached hydrogens (tertiary/aromatic N) is 2. The molecule has 2 aliphatic heterocycles. The van der Waals surface area contributed by atoms with Crippen molar-refractivity contribution in [1.29, 1.82) is 0 Å². The van der Waals surface area contributed by atoms with Crippen LogP contribution in [0.4, 0.5) is 0 Å². The van der Waals surface area contributed by atoms with Gasteiger partial charge in [-0.25, -0.2) is 4.98 Å². The minimum Gasteiger partial charge on any atom is -0.508 e. The average Bonchev–Trinajstić information content (AvgIpc) is 3.17. The van der Waals surface area contributed by atoms with E-state index >= 15 is 0 Å². The first kappa shape index (κ1) is 22.1. The number of pyridine rings is 2. The summed E-state index contributed by atoms with van der Waals surface area (Å²) in [5.74, 6) is -2.83. The van der Waals surface area contributed by atoms with Gasteiger partial charge < -0.3 is 25.3 Å². The van der Waals surface area contributed by atoms with E-state index in [0.29, 0.717) is 35.5 Å². The van der Waals surface area contributed by atoms with E-state index in [-0.39, 0.29) is 37.3 Å². The van der Waals surface area contributed by atoms with Crippen LogP contribution >= 0.6 is 0 Å². The fourth-order valence-electron chi connectivity index (χ4n) is 5.17. The fraction of sp³-hybridized carbons (Fsp3) is 0.360. The molecule has 5 rings (SSSR count). The lowest BCUT2D eigenvalue weighted by Gasteiger charge is -2.26. The van der Waals surface area contributed by atoms with Crippen LogP contribution in [-0.2, 0) is 33.9 Å². The summed E-state index contributed by atoms with van der Waals surface area (Å²) in [5, 5.41) is 20.2. The third kappa shape index (κ3) is 3.35. The lowest BCUT2D eigenvalue weighted by atomic mass is 9.86. The molecule has 4 N–H and O–H groups in total. The van der Waals surface area contributed by atoms with Crippen LogP contribution in [0.3, 0.4) is 0 Å². The van der Waals surface area contributed by atoms with E-state index in [2.05, 4.69) is 0 Å². The third-order valence-electron chi connectivity index (χ3n) is 6.99. The van der Waals surface area contributed by atoms with Gasteiger partial charge in [0.15, 0.2) is 0 Å². The Morgan fingerprint density at radius 2 is 2.09 bits per heavy atom. The van der Waals surface area contributed by atoms with Crippen molar-refractivity contribution in [3.8, 4) is 17.1 Å². The van der Waals surface area contributed by atoms with Gasteiger partial charge in [-0.05, 0) is 54.7 Å². The number of aromatic nitrogens is 2. The van der Waals surface area contributed by atoms with Gasteiger partial charge in [-0.2, -0.15) is 0 Å². The van der Waals surface area contributed by atoms with Gasteiger partial charge in [0.25, 0.3) is 5.56 Å². The predicted molar refractivity (Wildman–Crippen MR) is 124 cm³/mol. The Kier molecular flexibility index (Phi) is 5.36. The summed E-state index contributed by atoms with van der Waals surface area (Å²) in [6, 6.07) is 6.86. The molecule has 176 valence electrons. The maximum Gasteiger partial charge on any atom is 0.313 e. The molecule has 2 aliphatic rings. The van der Waals surface area contributed by atoms with Gasteiger partial charge in [-0.15, -0.1) is 0 Å². The van der Waals surface area contributed by atoms with Crippen molar-refractivity contribution in [1.82, 2.24) is 9.55 Å². The molecule has 0 aliphatic carbocycles. The SMILES string of the molecule is CCc1c2c(nc3ccc(O)cc13)-c1cc3c(c(=O)n1C2)COC(=O)[C@@H]3CC[C@@H](CN)C(=O)O. The van der Waals surface area contributed by atoms with Gasteiger partial charge in [0.05, 0.1) is 40.8 Å². The number of benzene rings is 1. The van der Waals surface area contributed by atoms with Crippen molar-refractivity contribution in [2.45, 2.75) is 45.3 Å². The smallest absolute Gasteiger partial charge is 0.313 e. The highest BCUT2D eigenvalue weighted by atomic mass is 16.5. The average molecular weight is 463 g/mol. The van der Waals surface area contributed by atoms with E-state index in [9.17, 15) is 24.6 Å². The molecule has 0 saturated heterocycles. The van der Waals surface area contributed by atoms with E-state index in [1.807, 2.05) is 13.0 Å². The van der Waals surface area contributed by atoms with Crippen molar-refractivity contribution >= 4 is 22.8 Å². The van der Waals surface area contributed by atoms with Gasteiger partial charge in [-0.3, -0.25) is 14.4 Å². The molecule has 0 unspecified atom stereocenters. The van der Waals surface area contributed by atoms with Gasteiger partial charge >= 0.3 is 11.9 Å². The standard InChI is InChI=1S/C25H25N3O6/c1-2-14-17-7-13(29)4-6-20(17)27-22-18(14)10-28-21(22)8-16-15(5-3-12(9-26)24(31)32)25(33)34-11-19(16)23(28)30/h4,6-8,12,15,29H,2-3,5,9-11,26H2,1H3,(H,31,32)/t12-,15+/m0/s1. The predicted octanol–water partition coefficient (Wildman–Crippen LogP) is 2.27. The van der Waals surface area contributed by atoms with Crippen LogP contribution in [0.5, 0.6) is 5.75 Å². The number of cyclic esters (lactones) is 1. The topological polar surface area (TPSA) is 145 Å². The number of carbonyl (C=O) groups is 2. The Balaban J connectivity index is 1.64. The molecule has 34 heavy (non-hydrogen) atoms. The maximum absolute atomic E-state index is 13.5. The second kappa shape index (κ2) is 8.25. The van der Waals surface area contributed by atoms with Crippen LogP contribution < -0.4 is 11.3 Å². The number of carbonyl (C=O) groups excluding carboxylic acids is 1. The van der Waals surface area contributed by atoms with E-state index in [1.54, 1.807) is 22.8 Å². The lowest BCUT2D eigenvalue weighted by Crippen LogP contribution is -2.33. The number of carboxylic acid groups (broad SMARTS) is 1. The Hall–Kier alpha value is -3.72. The fourth-order valence-corrected chi connectivity index (χ4v) is 5.17. The number of rotatable bonds is 6. The zero-order valence-corrected chi connectivity index (χ0v) is 18.7. The number of aryl methyl sites for hydroxylation is 1. The molecule has 0 fully saturated rings. The minimum absolute atomic E-state index is 0.0312. The Morgan fingerprint density at radius 1 is 1.29 bits per heavy atom. The Bertz CT molecular complexity index is 1410. The summed E-state index contributed by atoms with van der Waals surface area (Å²) >= 11 is 0. The van der Waals surface area contributed by atoms with Crippen LogP contribution in [0.25, 0.3) is 22.3 Å². The summed E-state index contributed by atoms with van der Waals surface area (Å²) < 4.78 is 6.97. The number of nitrogens with two attached hydrogens (primary N) is 1. The molecule has 0 radical (unpaired) electrons. The van der Waals surface area contributed by atoms with Crippen LogP contribution in [0.15, 0.2) is 29.1 Å². The van der Waals surface area contributed by atoms with Gasteiger partial charge in [-0.1, -0.05) is 6.92 Å². The monoisotopic (exact) mass is 463 g/mol. The molecule has 3 aromatic rings. The van der Waals surface area contributed by atoms with Crippen LogP contribution in [0.2, 0.25) is 0 Å². The van der Waals surface area contributed by atoms with Crippen LogP contribution in [-0.4, -0.2) is 38.2 Å². The van der Waals surface area contributed by atoms with Crippen molar-refractivity contribution in [2.75, 3.05) is 6.54 Å². The first-order valence-electron chi connectivity index (χ1n) is 11.3. The van der Waals surface area contributed by atoms with Crippen molar-refractivity contribution in [2.24, 2.45) is 11.7 Å². The van der Waals surface area contributed by atoms with E-state index in [1.165, 1.54) is 0 Å². The van der Waals surface area contributed by atoms with Gasteiger partial charge in [0.1, 0.15) is 12.4 Å². The molecule has 9 nitrogen and oxygen atoms in total. The molecular formula is C25H25N3O6. The normalized spacial score (nSPS) is 17.1. The van der Waals surface area contributed by atoms with E-state index in [0.717, 1.165) is 22.0 Å². The molecule has 0 amide bonds. The van der Waals surface area contributed by atoms with Crippen LogP contribution in [0.1, 0.15) is 47.9 Å². The quantitative estimate of drug-likeness (QED) is 0.369. The number of aliphatic carboxylic acids is 1. The van der Waals surface area contributed by atoms with Gasteiger partial charge in [0.2, 0.25) is 0 Å².